The van der Waals surface area contributed by atoms with Crippen LogP contribution >= 0.6 is 0 Å². The van der Waals surface area contributed by atoms with Gasteiger partial charge in [0.15, 0.2) is 0 Å². The van der Waals surface area contributed by atoms with Crippen LogP contribution in [-0.4, -0.2) is 17.3 Å². The lowest BCUT2D eigenvalue weighted by atomic mass is 10.1. The molecule has 0 heterocycles. The van der Waals surface area contributed by atoms with Crippen molar-refractivity contribution in [2.45, 2.75) is 25.6 Å². The molecule has 1 aliphatic carbocycles. The zero-order valence-corrected chi connectivity index (χ0v) is 11.6. The second kappa shape index (κ2) is 5.97. The molecule has 4 nitrogen and oxygen atoms in total. The molecular weight excluding hydrogens is 266 g/mol. The first kappa shape index (κ1) is 13.6. The number of rotatable bonds is 3. The number of nitrogens with one attached hydrogen (secondary N) is 1. The van der Waals surface area contributed by atoms with E-state index in [2.05, 4.69) is 5.32 Å². The predicted molar refractivity (Wildman–Crippen MR) is 80.1 cm³/mol. The van der Waals surface area contributed by atoms with Gasteiger partial charge in [-0.1, -0.05) is 42.5 Å². The second-order valence-corrected chi connectivity index (χ2v) is 5.19. The fourth-order valence-electron chi connectivity index (χ4n) is 2.61. The highest BCUT2D eigenvalue weighted by Crippen LogP contribution is 2.29. The third kappa shape index (κ3) is 3.23. The Hall–Kier alpha value is -2.33. The quantitative estimate of drug-likeness (QED) is 0.910. The van der Waals surface area contributed by atoms with Crippen LogP contribution in [0.5, 0.6) is 0 Å². The molecule has 1 atom stereocenters. The molecule has 0 radical (unpaired) electrons. The maximum atomic E-state index is 11.9. The average Bonchev–Trinajstić information content (AvgIpc) is 2.88. The summed E-state index contributed by atoms with van der Waals surface area (Å²) < 4.78 is 5.21. The molecule has 0 aliphatic heterocycles. The van der Waals surface area contributed by atoms with Crippen LogP contribution in [0, 0.1) is 0 Å². The molecule has 1 amide bonds. The molecule has 1 aliphatic rings. The van der Waals surface area contributed by atoms with Gasteiger partial charge >= 0.3 is 6.09 Å². The summed E-state index contributed by atoms with van der Waals surface area (Å²) in [6.07, 6.45) is 0.380. The first-order valence-corrected chi connectivity index (χ1v) is 6.99. The molecule has 0 fully saturated rings. The predicted octanol–water partition coefficient (Wildman–Crippen LogP) is 2.89. The monoisotopic (exact) mass is 283 g/mol. The van der Waals surface area contributed by atoms with Gasteiger partial charge in [-0.3, -0.25) is 5.32 Å². The van der Waals surface area contributed by atoms with Crippen LogP contribution in [-0.2, 0) is 24.2 Å². The number of anilines is 1. The Morgan fingerprint density at radius 1 is 1.14 bits per heavy atom. The van der Waals surface area contributed by atoms with Crippen molar-refractivity contribution < 1.29 is 14.6 Å². The lowest BCUT2D eigenvalue weighted by Gasteiger charge is -2.10. The summed E-state index contributed by atoms with van der Waals surface area (Å²) in [6.45, 7) is 0.240. The minimum Gasteiger partial charge on any atom is -0.444 e. The third-order valence-electron chi connectivity index (χ3n) is 3.62. The van der Waals surface area contributed by atoms with E-state index in [0.29, 0.717) is 12.8 Å². The van der Waals surface area contributed by atoms with Crippen LogP contribution in [0.3, 0.4) is 0 Å². The molecule has 2 aromatic carbocycles. The van der Waals surface area contributed by atoms with Gasteiger partial charge < -0.3 is 9.84 Å². The van der Waals surface area contributed by atoms with Crippen LogP contribution in [0.4, 0.5) is 10.5 Å². The van der Waals surface area contributed by atoms with E-state index < -0.39 is 6.09 Å². The summed E-state index contributed by atoms with van der Waals surface area (Å²) in [6, 6.07) is 15.2. The number of ether oxygens (including phenoxy) is 1. The van der Waals surface area contributed by atoms with Gasteiger partial charge in [-0.15, -0.1) is 0 Å². The molecule has 0 aromatic heterocycles. The standard InChI is InChI=1S/C17H17NO3/c19-14-9-13-7-4-8-16(15(13)10-14)18-17(20)21-11-12-5-2-1-3-6-12/h1-8,14,19H,9-11H2,(H,18,20). The van der Waals surface area contributed by atoms with Crippen molar-refractivity contribution in [2.75, 3.05) is 5.32 Å². The van der Waals surface area contributed by atoms with E-state index in [1.54, 1.807) is 0 Å². The Balaban J connectivity index is 1.62. The molecule has 0 bridgehead atoms. The minimum absolute atomic E-state index is 0.240. The number of aliphatic hydroxyl groups excluding tert-OH is 1. The second-order valence-electron chi connectivity index (χ2n) is 5.19. The van der Waals surface area contributed by atoms with Gasteiger partial charge in [-0.2, -0.15) is 0 Å². The molecule has 2 N–H and O–H groups in total. The summed E-state index contributed by atoms with van der Waals surface area (Å²) in [5.74, 6) is 0. The number of amides is 1. The topological polar surface area (TPSA) is 58.6 Å². The fourth-order valence-corrected chi connectivity index (χ4v) is 2.61. The van der Waals surface area contributed by atoms with Crippen molar-refractivity contribution >= 4 is 11.8 Å². The molecule has 0 spiro atoms. The Kier molecular flexibility index (Phi) is 3.88. The summed E-state index contributed by atoms with van der Waals surface area (Å²) in [7, 11) is 0. The van der Waals surface area contributed by atoms with Crippen LogP contribution in [0.1, 0.15) is 16.7 Å². The van der Waals surface area contributed by atoms with Crippen LogP contribution in [0.15, 0.2) is 48.5 Å². The Bertz CT molecular complexity index is 640. The van der Waals surface area contributed by atoms with E-state index in [0.717, 1.165) is 22.4 Å². The molecular formula is C17H17NO3. The molecule has 0 saturated carbocycles. The highest BCUT2D eigenvalue weighted by Gasteiger charge is 2.22. The lowest BCUT2D eigenvalue weighted by Crippen LogP contribution is -2.15. The van der Waals surface area contributed by atoms with E-state index in [1.807, 2.05) is 48.5 Å². The smallest absolute Gasteiger partial charge is 0.411 e. The fraction of sp³-hybridized carbons (Fsp3) is 0.235. The minimum atomic E-state index is -0.478. The summed E-state index contributed by atoms with van der Waals surface area (Å²) in [5, 5.41) is 12.5. The van der Waals surface area contributed by atoms with E-state index in [1.165, 1.54) is 0 Å². The number of fused-ring (bicyclic) bond motifs is 1. The van der Waals surface area contributed by atoms with Gasteiger partial charge in [0.05, 0.1) is 6.10 Å². The van der Waals surface area contributed by atoms with Crippen molar-refractivity contribution in [1.29, 1.82) is 0 Å². The van der Waals surface area contributed by atoms with Gasteiger partial charge in [-0.05, 0) is 29.2 Å². The molecule has 3 rings (SSSR count). The average molecular weight is 283 g/mol. The maximum Gasteiger partial charge on any atom is 0.411 e. The number of carbonyl (C=O) groups excluding carboxylic acids is 1. The van der Waals surface area contributed by atoms with Crippen molar-refractivity contribution in [1.82, 2.24) is 0 Å². The molecule has 1 unspecified atom stereocenters. The highest BCUT2D eigenvalue weighted by atomic mass is 16.5. The molecule has 0 saturated heterocycles. The van der Waals surface area contributed by atoms with Gasteiger partial charge in [0, 0.05) is 12.1 Å². The molecule has 2 aromatic rings. The largest absolute Gasteiger partial charge is 0.444 e. The van der Waals surface area contributed by atoms with E-state index >= 15 is 0 Å². The third-order valence-corrected chi connectivity index (χ3v) is 3.62. The first-order chi connectivity index (χ1) is 10.2. The number of aliphatic hydroxyl groups is 1. The van der Waals surface area contributed by atoms with E-state index in [-0.39, 0.29) is 12.7 Å². The van der Waals surface area contributed by atoms with Gasteiger partial charge in [0.1, 0.15) is 6.61 Å². The first-order valence-electron chi connectivity index (χ1n) is 6.99. The zero-order valence-electron chi connectivity index (χ0n) is 11.6. The van der Waals surface area contributed by atoms with Crippen LogP contribution in [0.2, 0.25) is 0 Å². The molecule has 108 valence electrons. The van der Waals surface area contributed by atoms with E-state index in [9.17, 15) is 9.90 Å². The Morgan fingerprint density at radius 2 is 1.95 bits per heavy atom. The number of carbonyl (C=O) groups is 1. The number of hydrogen-bond donors (Lipinski definition) is 2. The summed E-state index contributed by atoms with van der Waals surface area (Å²) in [4.78, 5) is 11.9. The van der Waals surface area contributed by atoms with Gasteiger partial charge in [0.2, 0.25) is 0 Å². The van der Waals surface area contributed by atoms with Crippen molar-refractivity contribution in [3.63, 3.8) is 0 Å². The zero-order chi connectivity index (χ0) is 14.7. The van der Waals surface area contributed by atoms with Crippen LogP contribution < -0.4 is 5.32 Å². The van der Waals surface area contributed by atoms with Gasteiger partial charge in [-0.25, -0.2) is 4.79 Å². The lowest BCUT2D eigenvalue weighted by molar-refractivity contribution is 0.155. The van der Waals surface area contributed by atoms with Gasteiger partial charge in [0.25, 0.3) is 0 Å². The Morgan fingerprint density at radius 3 is 2.76 bits per heavy atom. The molecule has 4 heteroatoms. The number of benzene rings is 2. The van der Waals surface area contributed by atoms with Crippen molar-refractivity contribution in [3.05, 3.63) is 65.2 Å². The SMILES string of the molecule is O=C(Nc1cccc2c1CC(O)C2)OCc1ccccc1. The van der Waals surface area contributed by atoms with Crippen molar-refractivity contribution in [3.8, 4) is 0 Å². The van der Waals surface area contributed by atoms with Crippen LogP contribution in [0.25, 0.3) is 0 Å². The number of hydrogen-bond acceptors (Lipinski definition) is 3. The summed E-state index contributed by atoms with van der Waals surface area (Å²) in [5.41, 5.74) is 3.76. The normalized spacial score (nSPS) is 16.3. The highest BCUT2D eigenvalue weighted by molar-refractivity contribution is 5.86. The summed E-state index contributed by atoms with van der Waals surface area (Å²) >= 11 is 0. The maximum absolute atomic E-state index is 11.9. The Labute approximate surface area is 123 Å². The molecule has 21 heavy (non-hydrogen) atoms. The van der Waals surface area contributed by atoms with Crippen molar-refractivity contribution in [2.24, 2.45) is 0 Å². The van der Waals surface area contributed by atoms with E-state index in [4.69, 9.17) is 4.74 Å².